The van der Waals surface area contributed by atoms with Gasteiger partial charge in [0.15, 0.2) is 0 Å². The number of aryl methyl sites for hydroxylation is 1. The molecular formula is C12H14N4O3S. The van der Waals surface area contributed by atoms with Crippen molar-refractivity contribution in [3.05, 3.63) is 38.3 Å². The van der Waals surface area contributed by atoms with Gasteiger partial charge in [-0.05, 0) is 6.92 Å². The lowest BCUT2D eigenvalue weighted by molar-refractivity contribution is -0.384. The first-order valence-corrected chi connectivity index (χ1v) is 6.82. The Balaban J connectivity index is 2.05. The summed E-state index contributed by atoms with van der Waals surface area (Å²) in [6.07, 6.45) is 0.681. The van der Waals surface area contributed by atoms with Crippen LogP contribution >= 0.6 is 11.3 Å². The first-order chi connectivity index (χ1) is 9.60. The number of nitro groups is 1. The average molecular weight is 294 g/mol. The van der Waals surface area contributed by atoms with E-state index in [2.05, 4.69) is 15.3 Å². The summed E-state index contributed by atoms with van der Waals surface area (Å²) in [6.45, 7) is 2.46. The molecule has 0 aliphatic heterocycles. The third-order valence-electron chi connectivity index (χ3n) is 2.59. The fourth-order valence-corrected chi connectivity index (χ4v) is 2.30. The number of ether oxygens (including phenoxy) is 1. The Morgan fingerprint density at radius 2 is 2.25 bits per heavy atom. The van der Waals surface area contributed by atoms with Crippen molar-refractivity contribution < 1.29 is 9.66 Å². The maximum Gasteiger partial charge on any atom is 0.311 e. The second-order valence-electron chi connectivity index (χ2n) is 4.01. The third-order valence-corrected chi connectivity index (χ3v) is 3.42. The molecule has 0 saturated carbocycles. The van der Waals surface area contributed by atoms with Gasteiger partial charge in [-0.2, -0.15) is 4.98 Å². The van der Waals surface area contributed by atoms with Crippen LogP contribution in [0.4, 0.5) is 11.5 Å². The lowest BCUT2D eigenvalue weighted by Gasteiger charge is -2.06. The van der Waals surface area contributed by atoms with Gasteiger partial charge in [0, 0.05) is 30.5 Å². The maximum absolute atomic E-state index is 10.9. The molecule has 8 heteroatoms. The Bertz CT molecular complexity index is 614. The van der Waals surface area contributed by atoms with E-state index in [1.165, 1.54) is 19.2 Å². The summed E-state index contributed by atoms with van der Waals surface area (Å²) in [6, 6.07) is 2.84. The van der Waals surface area contributed by atoms with E-state index in [-0.39, 0.29) is 11.5 Å². The largest absolute Gasteiger partial charge is 0.481 e. The summed E-state index contributed by atoms with van der Waals surface area (Å²) in [5.41, 5.74) is 0.894. The standard InChI is InChI=1S/C12H14N4O3S/c1-8-14-9(7-20-8)5-6-13-12-10(16(17)18)3-4-11(15-12)19-2/h3-4,7H,5-6H2,1-2H3,(H,13,15). The predicted octanol–water partition coefficient (Wildman–Crippen LogP) is 2.42. The number of pyridine rings is 1. The van der Waals surface area contributed by atoms with Crippen LogP contribution in [0.5, 0.6) is 5.88 Å². The SMILES string of the molecule is COc1ccc([N+](=O)[O-])c(NCCc2csc(C)n2)n1. The number of nitrogens with one attached hydrogen (secondary N) is 1. The summed E-state index contributed by atoms with van der Waals surface area (Å²) in [5.74, 6) is 0.545. The van der Waals surface area contributed by atoms with Crippen molar-refractivity contribution in [3.63, 3.8) is 0 Å². The highest BCUT2D eigenvalue weighted by molar-refractivity contribution is 7.09. The Morgan fingerprint density at radius 3 is 2.85 bits per heavy atom. The van der Waals surface area contributed by atoms with E-state index in [4.69, 9.17) is 4.74 Å². The van der Waals surface area contributed by atoms with Gasteiger partial charge >= 0.3 is 5.69 Å². The number of rotatable bonds is 6. The molecule has 0 spiro atoms. The van der Waals surface area contributed by atoms with Crippen LogP contribution in [0.25, 0.3) is 0 Å². The Hall–Kier alpha value is -2.22. The van der Waals surface area contributed by atoms with E-state index >= 15 is 0 Å². The molecular weight excluding hydrogens is 280 g/mol. The minimum absolute atomic E-state index is 0.0692. The van der Waals surface area contributed by atoms with Gasteiger partial charge in [-0.1, -0.05) is 0 Å². The molecule has 0 aliphatic carbocycles. The summed E-state index contributed by atoms with van der Waals surface area (Å²) >= 11 is 1.58. The van der Waals surface area contributed by atoms with E-state index in [1.54, 1.807) is 11.3 Å². The Morgan fingerprint density at radius 1 is 1.45 bits per heavy atom. The zero-order valence-electron chi connectivity index (χ0n) is 11.1. The number of anilines is 1. The molecule has 106 valence electrons. The average Bonchev–Trinajstić information content (AvgIpc) is 2.84. The predicted molar refractivity (Wildman–Crippen MR) is 76.5 cm³/mol. The van der Waals surface area contributed by atoms with Gasteiger partial charge < -0.3 is 10.1 Å². The van der Waals surface area contributed by atoms with E-state index in [0.717, 1.165) is 10.7 Å². The van der Waals surface area contributed by atoms with E-state index < -0.39 is 4.92 Å². The van der Waals surface area contributed by atoms with Gasteiger partial charge in [-0.15, -0.1) is 11.3 Å². The first kappa shape index (κ1) is 14.2. The lowest BCUT2D eigenvalue weighted by Crippen LogP contribution is -2.09. The zero-order chi connectivity index (χ0) is 14.5. The molecule has 0 radical (unpaired) electrons. The van der Waals surface area contributed by atoms with Crippen LogP contribution in [-0.4, -0.2) is 28.5 Å². The summed E-state index contributed by atoms with van der Waals surface area (Å²) in [5, 5.41) is 16.9. The first-order valence-electron chi connectivity index (χ1n) is 5.94. The van der Waals surface area contributed by atoms with Crippen LogP contribution in [0.1, 0.15) is 10.7 Å². The fraction of sp³-hybridized carbons (Fsp3) is 0.333. The molecule has 2 rings (SSSR count). The molecule has 20 heavy (non-hydrogen) atoms. The monoisotopic (exact) mass is 294 g/mol. The highest BCUT2D eigenvalue weighted by atomic mass is 32.1. The van der Waals surface area contributed by atoms with Gasteiger partial charge in [0.2, 0.25) is 11.7 Å². The van der Waals surface area contributed by atoms with Crippen LogP contribution in [0.15, 0.2) is 17.5 Å². The molecule has 2 aromatic heterocycles. The quantitative estimate of drug-likeness (QED) is 0.650. The number of nitrogens with zero attached hydrogens (tertiary/aromatic N) is 3. The highest BCUT2D eigenvalue weighted by Gasteiger charge is 2.16. The number of thiazole rings is 1. The van der Waals surface area contributed by atoms with Gasteiger partial charge in [-0.3, -0.25) is 10.1 Å². The van der Waals surface area contributed by atoms with Crippen molar-refractivity contribution in [2.45, 2.75) is 13.3 Å². The number of methoxy groups -OCH3 is 1. The summed E-state index contributed by atoms with van der Waals surface area (Å²) in [7, 11) is 1.47. The smallest absolute Gasteiger partial charge is 0.311 e. The molecule has 0 bridgehead atoms. The molecule has 0 fully saturated rings. The Labute approximate surface area is 119 Å². The van der Waals surface area contributed by atoms with Crippen LogP contribution in [-0.2, 0) is 6.42 Å². The molecule has 0 atom stereocenters. The topological polar surface area (TPSA) is 90.2 Å². The van der Waals surface area contributed by atoms with Gasteiger partial charge in [0.1, 0.15) is 0 Å². The summed E-state index contributed by atoms with van der Waals surface area (Å²) in [4.78, 5) is 18.9. The fourth-order valence-electron chi connectivity index (χ4n) is 1.66. The molecule has 0 amide bonds. The molecule has 1 N–H and O–H groups in total. The van der Waals surface area contributed by atoms with E-state index in [0.29, 0.717) is 18.8 Å². The number of hydrogen-bond donors (Lipinski definition) is 1. The molecule has 2 heterocycles. The lowest BCUT2D eigenvalue weighted by atomic mass is 10.3. The highest BCUT2D eigenvalue weighted by Crippen LogP contribution is 2.24. The van der Waals surface area contributed by atoms with Crippen LogP contribution in [0, 0.1) is 17.0 Å². The minimum Gasteiger partial charge on any atom is -0.481 e. The molecule has 0 aromatic carbocycles. The van der Waals surface area contributed by atoms with Gasteiger partial charge in [0.25, 0.3) is 0 Å². The summed E-state index contributed by atoms with van der Waals surface area (Å²) < 4.78 is 4.97. The molecule has 2 aromatic rings. The van der Waals surface area contributed by atoms with Crippen molar-refractivity contribution in [1.82, 2.24) is 9.97 Å². The minimum atomic E-state index is -0.470. The third kappa shape index (κ3) is 3.41. The number of aromatic nitrogens is 2. The normalized spacial score (nSPS) is 10.3. The van der Waals surface area contributed by atoms with Gasteiger partial charge in [0.05, 0.1) is 22.7 Å². The van der Waals surface area contributed by atoms with Crippen molar-refractivity contribution in [1.29, 1.82) is 0 Å². The number of hydrogen-bond acceptors (Lipinski definition) is 7. The van der Waals surface area contributed by atoms with Gasteiger partial charge in [-0.25, -0.2) is 4.98 Å². The molecule has 0 unspecified atom stereocenters. The van der Waals surface area contributed by atoms with Crippen molar-refractivity contribution in [2.24, 2.45) is 0 Å². The molecule has 0 aliphatic rings. The maximum atomic E-state index is 10.9. The second kappa shape index (κ2) is 6.29. The van der Waals surface area contributed by atoms with Crippen molar-refractivity contribution in [3.8, 4) is 5.88 Å². The van der Waals surface area contributed by atoms with E-state index in [1.807, 2.05) is 12.3 Å². The zero-order valence-corrected chi connectivity index (χ0v) is 11.9. The van der Waals surface area contributed by atoms with Crippen molar-refractivity contribution >= 4 is 22.8 Å². The van der Waals surface area contributed by atoms with Crippen molar-refractivity contribution in [2.75, 3.05) is 19.0 Å². The van der Waals surface area contributed by atoms with Crippen LogP contribution in [0.2, 0.25) is 0 Å². The van der Waals surface area contributed by atoms with Crippen LogP contribution < -0.4 is 10.1 Å². The Kier molecular flexibility index (Phi) is 4.46. The molecule has 7 nitrogen and oxygen atoms in total. The van der Waals surface area contributed by atoms with E-state index in [9.17, 15) is 10.1 Å². The second-order valence-corrected chi connectivity index (χ2v) is 5.08. The molecule has 0 saturated heterocycles. The van der Waals surface area contributed by atoms with Crippen LogP contribution in [0.3, 0.4) is 0 Å².